The number of rotatable bonds is 6. The number of hydrogen-bond acceptors (Lipinski definition) is 5. The monoisotopic (exact) mass is 237 g/mol. The summed E-state index contributed by atoms with van der Waals surface area (Å²) >= 11 is 0. The van der Waals surface area contributed by atoms with Crippen molar-refractivity contribution in [2.45, 2.75) is 46.6 Å². The van der Waals surface area contributed by atoms with E-state index in [-0.39, 0.29) is 0 Å². The lowest BCUT2D eigenvalue weighted by Crippen LogP contribution is -2.20. The number of hydrogen-bond donors (Lipinski definition) is 3. The topological polar surface area (TPSA) is 75.9 Å². The van der Waals surface area contributed by atoms with Gasteiger partial charge in [0.05, 0.1) is 0 Å². The molecule has 5 nitrogen and oxygen atoms in total. The van der Waals surface area contributed by atoms with Crippen molar-refractivity contribution in [1.29, 1.82) is 0 Å². The van der Waals surface area contributed by atoms with Gasteiger partial charge in [-0.25, -0.2) is 10.8 Å². The molecule has 0 aliphatic carbocycles. The third-order valence-corrected chi connectivity index (χ3v) is 2.83. The van der Waals surface area contributed by atoms with Crippen molar-refractivity contribution < 1.29 is 0 Å². The summed E-state index contributed by atoms with van der Waals surface area (Å²) in [6.45, 7) is 8.56. The first-order chi connectivity index (χ1) is 8.05. The van der Waals surface area contributed by atoms with Crippen LogP contribution in [0, 0.1) is 12.8 Å². The average molecular weight is 237 g/mol. The van der Waals surface area contributed by atoms with Crippen LogP contribution in [-0.4, -0.2) is 16.0 Å². The molecule has 2 atom stereocenters. The second-order valence-corrected chi connectivity index (χ2v) is 4.66. The Labute approximate surface area is 103 Å². The molecule has 2 unspecified atom stereocenters. The third-order valence-electron chi connectivity index (χ3n) is 2.83. The molecule has 1 aromatic heterocycles. The first kappa shape index (κ1) is 13.7. The summed E-state index contributed by atoms with van der Waals surface area (Å²) in [6, 6.07) is 2.32. The van der Waals surface area contributed by atoms with E-state index in [1.807, 2.05) is 13.0 Å². The van der Waals surface area contributed by atoms with E-state index in [0.717, 1.165) is 17.9 Å². The Morgan fingerprint density at radius 2 is 2.06 bits per heavy atom. The third kappa shape index (κ3) is 4.56. The van der Waals surface area contributed by atoms with Gasteiger partial charge in [0, 0.05) is 17.8 Å². The van der Waals surface area contributed by atoms with Crippen molar-refractivity contribution in [1.82, 2.24) is 9.97 Å². The highest BCUT2D eigenvalue weighted by Gasteiger charge is 2.08. The van der Waals surface area contributed by atoms with Crippen molar-refractivity contribution in [2.24, 2.45) is 11.8 Å². The maximum atomic E-state index is 5.32. The van der Waals surface area contributed by atoms with E-state index < -0.39 is 0 Å². The van der Waals surface area contributed by atoms with E-state index in [2.05, 4.69) is 41.5 Å². The smallest absolute Gasteiger partial charge is 0.239 e. The Balaban J connectivity index is 2.64. The Bertz CT molecular complexity index is 353. The highest BCUT2D eigenvalue weighted by molar-refractivity contribution is 5.42. The molecule has 5 heteroatoms. The van der Waals surface area contributed by atoms with Crippen LogP contribution in [0.15, 0.2) is 6.07 Å². The number of hydrazine groups is 1. The van der Waals surface area contributed by atoms with Crippen molar-refractivity contribution in [2.75, 3.05) is 10.7 Å². The maximum absolute atomic E-state index is 5.32. The van der Waals surface area contributed by atoms with Crippen molar-refractivity contribution >= 4 is 11.8 Å². The summed E-state index contributed by atoms with van der Waals surface area (Å²) in [5, 5.41) is 3.38. The Kier molecular flexibility index (Phi) is 5.15. The standard InChI is InChI=1S/C12H23N5/c1-5-8(2)6-9(3)14-11-7-10(4)15-12(16-11)17-13/h7-9H,5-6,13H2,1-4H3,(H2,14,15,16,17). The average Bonchev–Trinajstić information content (AvgIpc) is 2.27. The van der Waals surface area contributed by atoms with Crippen molar-refractivity contribution in [3.8, 4) is 0 Å². The van der Waals surface area contributed by atoms with E-state index in [9.17, 15) is 0 Å². The van der Waals surface area contributed by atoms with Gasteiger partial charge in [0.25, 0.3) is 0 Å². The molecule has 1 aromatic rings. The molecule has 96 valence electrons. The second-order valence-electron chi connectivity index (χ2n) is 4.66. The minimum atomic E-state index is 0.393. The molecular formula is C12H23N5. The number of nitrogen functional groups attached to an aromatic ring is 1. The summed E-state index contributed by atoms with van der Waals surface area (Å²) < 4.78 is 0. The first-order valence-electron chi connectivity index (χ1n) is 6.14. The van der Waals surface area contributed by atoms with Crippen LogP contribution in [0.25, 0.3) is 0 Å². The molecule has 0 saturated carbocycles. The normalized spacial score (nSPS) is 14.2. The minimum absolute atomic E-state index is 0.393. The zero-order chi connectivity index (χ0) is 12.8. The van der Waals surface area contributed by atoms with Crippen LogP contribution in [-0.2, 0) is 0 Å². The number of nitrogens with one attached hydrogen (secondary N) is 2. The lowest BCUT2D eigenvalue weighted by Gasteiger charge is -2.18. The highest BCUT2D eigenvalue weighted by atomic mass is 15.3. The summed E-state index contributed by atoms with van der Waals surface area (Å²) in [6.07, 6.45) is 2.33. The molecule has 0 aliphatic rings. The first-order valence-corrected chi connectivity index (χ1v) is 6.14. The van der Waals surface area contributed by atoms with Crippen molar-refractivity contribution in [3.05, 3.63) is 11.8 Å². The van der Waals surface area contributed by atoms with Crippen LogP contribution in [0.2, 0.25) is 0 Å². The fourth-order valence-electron chi connectivity index (χ4n) is 1.79. The van der Waals surface area contributed by atoms with Gasteiger partial charge < -0.3 is 5.32 Å². The van der Waals surface area contributed by atoms with Crippen LogP contribution in [0.5, 0.6) is 0 Å². The van der Waals surface area contributed by atoms with Gasteiger partial charge in [0.2, 0.25) is 5.95 Å². The van der Waals surface area contributed by atoms with Crippen LogP contribution in [0.1, 0.15) is 39.3 Å². The number of aryl methyl sites for hydroxylation is 1. The molecule has 0 aliphatic heterocycles. The zero-order valence-corrected chi connectivity index (χ0v) is 11.1. The predicted octanol–water partition coefficient (Wildman–Crippen LogP) is 2.31. The minimum Gasteiger partial charge on any atom is -0.367 e. The molecule has 0 amide bonds. The fourth-order valence-corrected chi connectivity index (χ4v) is 1.79. The SMILES string of the molecule is CCC(C)CC(C)Nc1cc(C)nc(NN)n1. The number of nitrogens with two attached hydrogens (primary N) is 1. The van der Waals surface area contributed by atoms with E-state index in [1.54, 1.807) is 0 Å². The summed E-state index contributed by atoms with van der Waals surface area (Å²) in [4.78, 5) is 8.42. The van der Waals surface area contributed by atoms with Gasteiger partial charge in [0.15, 0.2) is 0 Å². The molecule has 0 fully saturated rings. The van der Waals surface area contributed by atoms with Crippen LogP contribution in [0.4, 0.5) is 11.8 Å². The van der Waals surface area contributed by atoms with Gasteiger partial charge in [-0.2, -0.15) is 4.98 Å². The van der Waals surface area contributed by atoms with Crippen LogP contribution >= 0.6 is 0 Å². The molecule has 17 heavy (non-hydrogen) atoms. The Morgan fingerprint density at radius 3 is 2.65 bits per heavy atom. The zero-order valence-electron chi connectivity index (χ0n) is 11.1. The molecule has 0 saturated heterocycles. The molecule has 0 spiro atoms. The van der Waals surface area contributed by atoms with E-state index in [4.69, 9.17) is 5.84 Å². The summed E-state index contributed by atoms with van der Waals surface area (Å²) in [7, 11) is 0. The maximum Gasteiger partial charge on any atom is 0.239 e. The lowest BCUT2D eigenvalue weighted by molar-refractivity contribution is 0.483. The Morgan fingerprint density at radius 1 is 1.35 bits per heavy atom. The number of nitrogens with zero attached hydrogens (tertiary/aromatic N) is 2. The summed E-state index contributed by atoms with van der Waals surface area (Å²) in [5.41, 5.74) is 3.37. The van der Waals surface area contributed by atoms with Gasteiger partial charge in [-0.05, 0) is 26.2 Å². The molecular weight excluding hydrogens is 214 g/mol. The van der Waals surface area contributed by atoms with E-state index >= 15 is 0 Å². The predicted molar refractivity (Wildman–Crippen MR) is 71.7 cm³/mol. The molecule has 0 radical (unpaired) electrons. The summed E-state index contributed by atoms with van der Waals surface area (Å²) in [5.74, 6) is 7.30. The molecule has 4 N–H and O–H groups in total. The van der Waals surface area contributed by atoms with Crippen LogP contribution < -0.4 is 16.6 Å². The number of aromatic nitrogens is 2. The Hall–Kier alpha value is -1.36. The lowest BCUT2D eigenvalue weighted by atomic mass is 10.0. The number of anilines is 2. The van der Waals surface area contributed by atoms with Crippen LogP contribution in [0.3, 0.4) is 0 Å². The molecule has 1 rings (SSSR count). The van der Waals surface area contributed by atoms with E-state index in [0.29, 0.717) is 17.9 Å². The van der Waals surface area contributed by atoms with Gasteiger partial charge in [0.1, 0.15) is 5.82 Å². The second kappa shape index (κ2) is 6.39. The van der Waals surface area contributed by atoms with Gasteiger partial charge in [-0.15, -0.1) is 0 Å². The molecule has 1 heterocycles. The molecule has 0 aromatic carbocycles. The fraction of sp³-hybridized carbons (Fsp3) is 0.667. The van der Waals surface area contributed by atoms with Gasteiger partial charge in [-0.3, -0.25) is 5.43 Å². The highest BCUT2D eigenvalue weighted by Crippen LogP contribution is 2.15. The van der Waals surface area contributed by atoms with E-state index in [1.165, 1.54) is 6.42 Å². The largest absolute Gasteiger partial charge is 0.367 e. The molecule has 0 bridgehead atoms. The van der Waals surface area contributed by atoms with Gasteiger partial charge >= 0.3 is 0 Å². The van der Waals surface area contributed by atoms with Crippen molar-refractivity contribution in [3.63, 3.8) is 0 Å². The quantitative estimate of drug-likeness (QED) is 0.523. The van der Waals surface area contributed by atoms with Gasteiger partial charge in [-0.1, -0.05) is 20.3 Å².